The molecule has 0 atom stereocenters. The highest BCUT2D eigenvalue weighted by atomic mass is 32.1. The van der Waals surface area contributed by atoms with E-state index >= 15 is 0 Å². The summed E-state index contributed by atoms with van der Waals surface area (Å²) in [6.45, 7) is 2.05. The molecule has 0 unspecified atom stereocenters. The third kappa shape index (κ3) is 2.55. The van der Waals surface area contributed by atoms with E-state index in [-0.39, 0.29) is 5.91 Å². The molecule has 3 aromatic rings. The van der Waals surface area contributed by atoms with E-state index in [1.807, 2.05) is 61.8 Å². The molecule has 0 radical (unpaired) electrons. The zero-order valence-corrected chi connectivity index (χ0v) is 13.6. The number of carbonyl (C=O) groups excluding carboxylic acids is 1. The number of anilines is 1. The van der Waals surface area contributed by atoms with E-state index < -0.39 is 0 Å². The minimum atomic E-state index is -0.0976. The van der Waals surface area contributed by atoms with E-state index in [1.165, 1.54) is 17.0 Å². The van der Waals surface area contributed by atoms with E-state index in [0.717, 1.165) is 16.4 Å². The first-order chi connectivity index (χ1) is 10.6. The Morgan fingerprint density at radius 1 is 1.18 bits per heavy atom. The van der Waals surface area contributed by atoms with Crippen molar-refractivity contribution in [3.8, 4) is 10.7 Å². The molecule has 4 nitrogen and oxygen atoms in total. The van der Waals surface area contributed by atoms with Crippen LogP contribution in [0.25, 0.3) is 10.7 Å². The highest BCUT2D eigenvalue weighted by Crippen LogP contribution is 2.26. The second-order valence-electron chi connectivity index (χ2n) is 5.16. The van der Waals surface area contributed by atoms with Gasteiger partial charge in [-0.3, -0.25) is 4.79 Å². The monoisotopic (exact) mass is 311 g/mol. The van der Waals surface area contributed by atoms with Gasteiger partial charge in [-0.1, -0.05) is 18.2 Å². The van der Waals surface area contributed by atoms with Crippen molar-refractivity contribution in [1.82, 2.24) is 9.55 Å². The lowest BCUT2D eigenvalue weighted by Crippen LogP contribution is -2.26. The SMILES string of the molecule is Cc1ccc(-c2nc(C(=O)N(C)c3ccccc3)cs2)n1C. The van der Waals surface area contributed by atoms with Gasteiger partial charge in [0.2, 0.25) is 0 Å². The van der Waals surface area contributed by atoms with Crippen molar-refractivity contribution in [2.45, 2.75) is 6.92 Å². The molecule has 0 fully saturated rings. The number of aromatic nitrogens is 2. The third-order valence-electron chi connectivity index (χ3n) is 3.76. The van der Waals surface area contributed by atoms with Crippen LogP contribution in [0.15, 0.2) is 47.8 Å². The maximum atomic E-state index is 12.5. The van der Waals surface area contributed by atoms with Crippen LogP contribution in [0.3, 0.4) is 0 Å². The highest BCUT2D eigenvalue weighted by Gasteiger charge is 2.18. The molecule has 3 rings (SSSR count). The fourth-order valence-corrected chi connectivity index (χ4v) is 3.11. The Labute approximate surface area is 133 Å². The van der Waals surface area contributed by atoms with Gasteiger partial charge in [-0.25, -0.2) is 4.98 Å². The minimum absolute atomic E-state index is 0.0976. The summed E-state index contributed by atoms with van der Waals surface area (Å²) in [5.41, 5.74) is 3.53. The summed E-state index contributed by atoms with van der Waals surface area (Å²) in [6, 6.07) is 13.7. The summed E-state index contributed by atoms with van der Waals surface area (Å²) in [6.07, 6.45) is 0. The standard InChI is InChI=1S/C17H17N3OS/c1-12-9-10-15(19(12)2)16-18-14(11-22-16)17(21)20(3)13-7-5-4-6-8-13/h4-11H,1-3H3. The van der Waals surface area contributed by atoms with Crippen molar-refractivity contribution in [3.63, 3.8) is 0 Å². The molecule has 0 saturated carbocycles. The van der Waals surface area contributed by atoms with Crippen LogP contribution in [0.5, 0.6) is 0 Å². The van der Waals surface area contributed by atoms with Gasteiger partial charge in [0.1, 0.15) is 10.7 Å². The zero-order chi connectivity index (χ0) is 15.7. The Morgan fingerprint density at radius 3 is 2.55 bits per heavy atom. The van der Waals surface area contributed by atoms with Crippen LogP contribution in [0.1, 0.15) is 16.2 Å². The number of aryl methyl sites for hydroxylation is 1. The number of hydrogen-bond acceptors (Lipinski definition) is 3. The number of thiazole rings is 1. The van der Waals surface area contributed by atoms with Gasteiger partial charge in [-0.05, 0) is 31.2 Å². The van der Waals surface area contributed by atoms with Gasteiger partial charge in [-0.15, -0.1) is 11.3 Å². The Morgan fingerprint density at radius 2 is 1.91 bits per heavy atom. The largest absolute Gasteiger partial charge is 0.346 e. The van der Waals surface area contributed by atoms with Gasteiger partial charge >= 0.3 is 0 Å². The molecule has 0 N–H and O–H groups in total. The lowest BCUT2D eigenvalue weighted by Gasteiger charge is -2.15. The molecule has 0 aliphatic rings. The molecule has 5 heteroatoms. The van der Waals surface area contributed by atoms with Gasteiger partial charge < -0.3 is 9.47 Å². The fraction of sp³-hybridized carbons (Fsp3) is 0.176. The summed E-state index contributed by atoms with van der Waals surface area (Å²) in [5.74, 6) is -0.0976. The van der Waals surface area contributed by atoms with Crippen LogP contribution in [0.4, 0.5) is 5.69 Å². The van der Waals surface area contributed by atoms with E-state index in [0.29, 0.717) is 5.69 Å². The van der Waals surface area contributed by atoms with Crippen LogP contribution in [0, 0.1) is 6.92 Å². The summed E-state index contributed by atoms with van der Waals surface area (Å²) in [5, 5.41) is 2.68. The second kappa shape index (κ2) is 5.77. The quantitative estimate of drug-likeness (QED) is 0.739. The van der Waals surface area contributed by atoms with E-state index in [2.05, 4.69) is 9.55 Å². The average Bonchev–Trinajstić information content (AvgIpc) is 3.15. The number of benzene rings is 1. The molecule has 0 aliphatic heterocycles. The molecular weight excluding hydrogens is 294 g/mol. The predicted octanol–water partition coefficient (Wildman–Crippen LogP) is 3.73. The third-order valence-corrected chi connectivity index (χ3v) is 4.63. The van der Waals surface area contributed by atoms with E-state index in [4.69, 9.17) is 0 Å². The number of nitrogens with zero attached hydrogens (tertiary/aromatic N) is 3. The van der Waals surface area contributed by atoms with Crippen molar-refractivity contribution in [2.24, 2.45) is 7.05 Å². The fourth-order valence-electron chi connectivity index (χ4n) is 2.26. The lowest BCUT2D eigenvalue weighted by atomic mass is 10.3. The van der Waals surface area contributed by atoms with Crippen LogP contribution >= 0.6 is 11.3 Å². The summed E-state index contributed by atoms with van der Waals surface area (Å²) in [7, 11) is 3.77. The highest BCUT2D eigenvalue weighted by molar-refractivity contribution is 7.13. The van der Waals surface area contributed by atoms with Gasteiger partial charge in [0.05, 0.1) is 5.69 Å². The first-order valence-electron chi connectivity index (χ1n) is 6.99. The van der Waals surface area contributed by atoms with Crippen LogP contribution in [-0.2, 0) is 7.05 Å². The van der Waals surface area contributed by atoms with Gasteiger partial charge in [-0.2, -0.15) is 0 Å². The number of hydrogen-bond donors (Lipinski definition) is 0. The van der Waals surface area contributed by atoms with Crippen LogP contribution in [-0.4, -0.2) is 22.5 Å². The maximum Gasteiger partial charge on any atom is 0.277 e. The van der Waals surface area contributed by atoms with Gasteiger partial charge in [0, 0.05) is 30.9 Å². The number of para-hydroxylation sites is 1. The van der Waals surface area contributed by atoms with Crippen molar-refractivity contribution >= 4 is 22.9 Å². The van der Waals surface area contributed by atoms with Crippen molar-refractivity contribution < 1.29 is 4.79 Å². The molecule has 0 spiro atoms. The van der Waals surface area contributed by atoms with Crippen molar-refractivity contribution in [2.75, 3.05) is 11.9 Å². The number of rotatable bonds is 3. The van der Waals surface area contributed by atoms with Crippen LogP contribution < -0.4 is 4.90 Å². The Kier molecular flexibility index (Phi) is 3.81. The Balaban J connectivity index is 1.88. The average molecular weight is 311 g/mol. The second-order valence-corrected chi connectivity index (χ2v) is 6.01. The topological polar surface area (TPSA) is 38.1 Å². The lowest BCUT2D eigenvalue weighted by molar-refractivity contribution is 0.0989. The summed E-state index contributed by atoms with van der Waals surface area (Å²) in [4.78, 5) is 18.7. The normalized spacial score (nSPS) is 10.7. The molecule has 0 aliphatic carbocycles. The molecule has 0 bridgehead atoms. The molecule has 22 heavy (non-hydrogen) atoms. The minimum Gasteiger partial charge on any atom is -0.346 e. The number of carbonyl (C=O) groups is 1. The molecule has 2 heterocycles. The molecule has 2 aromatic heterocycles. The first kappa shape index (κ1) is 14.5. The molecule has 112 valence electrons. The smallest absolute Gasteiger partial charge is 0.277 e. The molecule has 1 amide bonds. The van der Waals surface area contributed by atoms with E-state index in [9.17, 15) is 4.79 Å². The van der Waals surface area contributed by atoms with Crippen LogP contribution in [0.2, 0.25) is 0 Å². The number of amides is 1. The van der Waals surface area contributed by atoms with Crippen molar-refractivity contribution in [3.05, 3.63) is 59.2 Å². The maximum absolute atomic E-state index is 12.5. The molecule has 0 saturated heterocycles. The molecule has 1 aromatic carbocycles. The van der Waals surface area contributed by atoms with Crippen molar-refractivity contribution in [1.29, 1.82) is 0 Å². The summed E-state index contributed by atoms with van der Waals surface area (Å²) >= 11 is 1.49. The van der Waals surface area contributed by atoms with Gasteiger partial charge in [0.25, 0.3) is 5.91 Å². The molecular formula is C17H17N3OS. The Hall–Kier alpha value is -2.40. The summed E-state index contributed by atoms with van der Waals surface area (Å²) < 4.78 is 2.08. The van der Waals surface area contributed by atoms with E-state index in [1.54, 1.807) is 11.9 Å². The Bertz CT molecular complexity index is 804. The first-order valence-corrected chi connectivity index (χ1v) is 7.87. The zero-order valence-electron chi connectivity index (χ0n) is 12.8. The van der Waals surface area contributed by atoms with Gasteiger partial charge in [0.15, 0.2) is 0 Å². The predicted molar refractivity (Wildman–Crippen MR) is 90.4 cm³/mol.